The van der Waals surface area contributed by atoms with Crippen molar-refractivity contribution in [3.05, 3.63) is 48.6 Å². The second-order valence-electron chi connectivity index (χ2n) is 4.99. The Morgan fingerprint density at radius 3 is 1.40 bits per heavy atom. The van der Waals surface area contributed by atoms with E-state index in [1.165, 1.54) is 12.8 Å². The Hall–Kier alpha value is -0.546. The molecule has 4 aliphatic carbocycles. The standard InChI is InChI=1S/2C7H7.Ni/c2*1-2-7-4-3-6(1)5-7;/h2*1-4,6H,5H2;. The summed E-state index contributed by atoms with van der Waals surface area (Å²) < 4.78 is 0.678. The van der Waals surface area contributed by atoms with Gasteiger partial charge in [-0.05, 0) is 0 Å². The first-order chi connectivity index (χ1) is 7.28. The number of allylic oxidation sites excluding steroid dienone is 8. The van der Waals surface area contributed by atoms with Crippen LogP contribution < -0.4 is 0 Å². The van der Waals surface area contributed by atoms with Gasteiger partial charge in [0.1, 0.15) is 0 Å². The van der Waals surface area contributed by atoms with Crippen molar-refractivity contribution in [2.45, 2.75) is 21.6 Å². The van der Waals surface area contributed by atoms with Crippen LogP contribution in [-0.2, 0) is 14.4 Å². The maximum atomic E-state index is 2.43. The topological polar surface area (TPSA) is 0 Å². The number of rotatable bonds is 2. The van der Waals surface area contributed by atoms with Crippen molar-refractivity contribution in [2.24, 2.45) is 11.8 Å². The molecule has 0 atom stereocenters. The van der Waals surface area contributed by atoms with Crippen LogP contribution in [0.15, 0.2) is 48.6 Å². The molecular formula is C14H14Ni. The third-order valence-corrected chi connectivity index (χ3v) is 5.79. The molecule has 0 amide bonds. The van der Waals surface area contributed by atoms with E-state index in [-0.39, 0.29) is 0 Å². The normalized spacial score (nSPS) is 52.8. The SMILES string of the molecule is C1=C[C]2([Ni][C]34C=CC(C=C3)C4)C=CC1C2. The zero-order chi connectivity index (χ0) is 9.93. The Bertz CT molecular complexity index is 357. The van der Waals surface area contributed by atoms with E-state index in [1.54, 1.807) is 0 Å². The Morgan fingerprint density at radius 2 is 1.13 bits per heavy atom. The Balaban J connectivity index is 1.66. The van der Waals surface area contributed by atoms with E-state index in [0.29, 0.717) is 8.77 Å². The second kappa shape index (κ2) is 2.58. The van der Waals surface area contributed by atoms with Crippen LogP contribution >= 0.6 is 0 Å². The summed E-state index contributed by atoms with van der Waals surface area (Å²) >= 11 is 1.93. The molecule has 4 aliphatic rings. The molecule has 1 heteroatoms. The third-order valence-electron chi connectivity index (χ3n) is 3.81. The second-order valence-corrected chi connectivity index (χ2v) is 7.08. The van der Waals surface area contributed by atoms with Crippen LogP contribution in [-0.4, -0.2) is 0 Å². The summed E-state index contributed by atoms with van der Waals surface area (Å²) in [6.45, 7) is 0. The van der Waals surface area contributed by atoms with Crippen LogP contribution in [0.1, 0.15) is 12.8 Å². The minimum atomic E-state index is 0.339. The molecule has 0 spiro atoms. The first-order valence-corrected chi connectivity index (χ1v) is 6.65. The van der Waals surface area contributed by atoms with Gasteiger partial charge in [0.05, 0.1) is 0 Å². The Morgan fingerprint density at radius 1 is 0.733 bits per heavy atom. The van der Waals surface area contributed by atoms with Crippen molar-refractivity contribution >= 4 is 0 Å². The van der Waals surface area contributed by atoms with Crippen LogP contribution in [0.3, 0.4) is 0 Å². The van der Waals surface area contributed by atoms with E-state index in [0.717, 1.165) is 11.8 Å². The molecule has 0 N–H and O–H groups in total. The van der Waals surface area contributed by atoms with Crippen molar-refractivity contribution in [3.8, 4) is 0 Å². The molecule has 0 fully saturated rings. The number of fused-ring (bicyclic) bond motifs is 4. The van der Waals surface area contributed by atoms with E-state index in [4.69, 9.17) is 0 Å². The van der Waals surface area contributed by atoms with Gasteiger partial charge in [0.25, 0.3) is 0 Å². The summed E-state index contributed by atoms with van der Waals surface area (Å²) in [6, 6.07) is 0. The maximum absolute atomic E-state index is 2.43. The molecule has 0 heterocycles. The van der Waals surface area contributed by atoms with Crippen LogP contribution in [0.5, 0.6) is 0 Å². The van der Waals surface area contributed by atoms with Gasteiger partial charge in [0.15, 0.2) is 0 Å². The Labute approximate surface area is 96.6 Å². The monoisotopic (exact) mass is 240 g/mol. The summed E-state index contributed by atoms with van der Waals surface area (Å²) in [5.74, 6) is 1.46. The van der Waals surface area contributed by atoms with E-state index >= 15 is 0 Å². The molecule has 0 unspecified atom stereocenters. The van der Waals surface area contributed by atoms with E-state index < -0.39 is 0 Å². The molecule has 15 heavy (non-hydrogen) atoms. The summed E-state index contributed by atoms with van der Waals surface area (Å²) in [7, 11) is 0. The quantitative estimate of drug-likeness (QED) is 0.511. The molecule has 80 valence electrons. The molecule has 0 aromatic rings. The van der Waals surface area contributed by atoms with Gasteiger partial charge in [-0.25, -0.2) is 0 Å². The first kappa shape index (κ1) is 8.59. The van der Waals surface area contributed by atoms with Crippen molar-refractivity contribution in [2.75, 3.05) is 0 Å². The predicted octanol–water partition coefficient (Wildman–Crippen LogP) is 3.68. The van der Waals surface area contributed by atoms with Gasteiger partial charge in [-0.15, -0.1) is 0 Å². The van der Waals surface area contributed by atoms with Crippen molar-refractivity contribution in [1.82, 2.24) is 0 Å². The molecule has 0 aliphatic heterocycles. The van der Waals surface area contributed by atoms with Gasteiger partial charge in [0, 0.05) is 0 Å². The first-order valence-electron chi connectivity index (χ1n) is 5.66. The molecule has 0 nitrogen and oxygen atoms in total. The van der Waals surface area contributed by atoms with Gasteiger partial charge >= 0.3 is 96.5 Å². The van der Waals surface area contributed by atoms with Crippen LogP contribution in [0, 0.1) is 11.8 Å². The molecule has 4 rings (SSSR count). The molecule has 0 saturated heterocycles. The average Bonchev–Trinajstić information content (AvgIpc) is 2.95. The van der Waals surface area contributed by atoms with Crippen LogP contribution in [0.4, 0.5) is 0 Å². The fourth-order valence-corrected chi connectivity index (χ4v) is 5.26. The summed E-state index contributed by atoms with van der Waals surface area (Å²) in [4.78, 5) is 0. The molecule has 0 aromatic carbocycles. The predicted molar refractivity (Wildman–Crippen MR) is 58.2 cm³/mol. The zero-order valence-electron chi connectivity index (χ0n) is 8.50. The zero-order valence-corrected chi connectivity index (χ0v) is 9.49. The molecule has 0 aromatic heterocycles. The number of hydrogen-bond donors (Lipinski definition) is 0. The third kappa shape index (κ3) is 1.13. The van der Waals surface area contributed by atoms with E-state index in [9.17, 15) is 0 Å². The van der Waals surface area contributed by atoms with Crippen molar-refractivity contribution in [1.29, 1.82) is 0 Å². The number of hydrogen-bond acceptors (Lipinski definition) is 0. The van der Waals surface area contributed by atoms with Crippen molar-refractivity contribution < 1.29 is 14.4 Å². The summed E-state index contributed by atoms with van der Waals surface area (Å²) in [5, 5.41) is 0. The van der Waals surface area contributed by atoms with Gasteiger partial charge in [-0.1, -0.05) is 0 Å². The Kier molecular flexibility index (Phi) is 1.48. The molecule has 0 saturated carbocycles. The van der Waals surface area contributed by atoms with Crippen LogP contribution in [0.2, 0.25) is 8.77 Å². The van der Waals surface area contributed by atoms with Crippen molar-refractivity contribution in [3.63, 3.8) is 0 Å². The van der Waals surface area contributed by atoms with Gasteiger partial charge in [-0.3, -0.25) is 0 Å². The van der Waals surface area contributed by atoms with Gasteiger partial charge < -0.3 is 0 Å². The minimum absolute atomic E-state index is 0.339. The van der Waals surface area contributed by atoms with Gasteiger partial charge in [0.2, 0.25) is 0 Å². The van der Waals surface area contributed by atoms with Crippen LogP contribution in [0.25, 0.3) is 0 Å². The van der Waals surface area contributed by atoms with E-state index in [2.05, 4.69) is 48.6 Å². The summed E-state index contributed by atoms with van der Waals surface area (Å²) in [6.07, 6.45) is 21.8. The molecule has 0 radical (unpaired) electrons. The summed E-state index contributed by atoms with van der Waals surface area (Å²) in [5.41, 5.74) is 0. The molecule has 4 bridgehead atoms. The van der Waals surface area contributed by atoms with E-state index in [1.807, 2.05) is 14.4 Å². The fourth-order valence-electron chi connectivity index (χ4n) is 3.03. The molecular weight excluding hydrogens is 227 g/mol. The fraction of sp³-hybridized carbons (Fsp3) is 0.429. The average molecular weight is 241 g/mol. The van der Waals surface area contributed by atoms with Gasteiger partial charge in [-0.2, -0.15) is 0 Å².